The molecule has 2 heterocycles. The number of H-pyrrole nitrogens is 1. The van der Waals surface area contributed by atoms with Crippen molar-refractivity contribution >= 4 is 10.9 Å². The van der Waals surface area contributed by atoms with Gasteiger partial charge in [0.15, 0.2) is 0 Å². The number of aryl methyl sites for hydroxylation is 1. The number of piperidine rings is 1. The second-order valence-electron chi connectivity index (χ2n) is 8.43. The number of nitrogens with one attached hydrogen (secondary N) is 1. The highest BCUT2D eigenvalue weighted by Gasteiger charge is 2.27. The molecule has 0 radical (unpaired) electrons. The van der Waals surface area contributed by atoms with Crippen LogP contribution in [-0.4, -0.2) is 34.6 Å². The normalized spacial score (nSPS) is 23.4. The van der Waals surface area contributed by atoms with Gasteiger partial charge < -0.3 is 15.0 Å². The van der Waals surface area contributed by atoms with E-state index < -0.39 is 0 Å². The number of phenols is 1. The third-order valence-electron chi connectivity index (χ3n) is 6.56. The molecule has 27 heavy (non-hydrogen) atoms. The van der Waals surface area contributed by atoms with E-state index in [0.29, 0.717) is 11.7 Å². The van der Waals surface area contributed by atoms with Gasteiger partial charge in [0, 0.05) is 29.7 Å². The van der Waals surface area contributed by atoms with Gasteiger partial charge in [-0.25, -0.2) is 0 Å². The molecule has 3 heteroatoms. The van der Waals surface area contributed by atoms with E-state index in [1.54, 1.807) is 11.6 Å². The maximum absolute atomic E-state index is 9.81. The van der Waals surface area contributed by atoms with Gasteiger partial charge in [-0.1, -0.05) is 30.3 Å². The first kappa shape index (κ1) is 16.9. The van der Waals surface area contributed by atoms with Crippen molar-refractivity contribution in [2.75, 3.05) is 19.6 Å². The molecule has 0 bridgehead atoms. The van der Waals surface area contributed by atoms with E-state index in [9.17, 15) is 5.11 Å². The fourth-order valence-corrected chi connectivity index (χ4v) is 5.23. The number of likely N-dealkylation sites (tertiary alicyclic amines) is 1. The molecule has 2 atom stereocenters. The van der Waals surface area contributed by atoms with Crippen molar-refractivity contribution in [3.63, 3.8) is 0 Å². The Morgan fingerprint density at radius 3 is 2.93 bits per heavy atom. The average molecular weight is 361 g/mol. The number of hydrogen-bond donors (Lipinski definition) is 2. The maximum Gasteiger partial charge on any atom is 0.115 e. The number of fused-ring (bicyclic) bond motifs is 3. The highest BCUT2D eigenvalue weighted by atomic mass is 16.3. The fourth-order valence-electron chi connectivity index (χ4n) is 5.23. The SMILES string of the molecule is Oc1cccc(C2CCCN(CC3CCc4[nH]c5ccccc5c4C3)C2)c1. The lowest BCUT2D eigenvalue weighted by atomic mass is 9.84. The van der Waals surface area contributed by atoms with Gasteiger partial charge in [-0.3, -0.25) is 0 Å². The zero-order valence-electron chi connectivity index (χ0n) is 15.8. The average Bonchev–Trinajstić information content (AvgIpc) is 3.06. The third-order valence-corrected chi connectivity index (χ3v) is 6.56. The van der Waals surface area contributed by atoms with Crippen LogP contribution in [-0.2, 0) is 12.8 Å². The van der Waals surface area contributed by atoms with Gasteiger partial charge in [0.05, 0.1) is 0 Å². The number of phenolic OH excluding ortho intramolecular Hbond substituents is 1. The molecule has 1 aliphatic carbocycles. The van der Waals surface area contributed by atoms with Crippen molar-refractivity contribution in [1.29, 1.82) is 0 Å². The summed E-state index contributed by atoms with van der Waals surface area (Å²) >= 11 is 0. The van der Waals surface area contributed by atoms with Gasteiger partial charge >= 0.3 is 0 Å². The Labute approximate surface area is 161 Å². The van der Waals surface area contributed by atoms with Crippen molar-refractivity contribution in [3.05, 3.63) is 65.4 Å². The molecule has 1 aromatic heterocycles. The van der Waals surface area contributed by atoms with E-state index in [-0.39, 0.29) is 0 Å². The smallest absolute Gasteiger partial charge is 0.115 e. The van der Waals surface area contributed by atoms with E-state index in [0.717, 1.165) is 12.5 Å². The topological polar surface area (TPSA) is 39.3 Å². The second-order valence-corrected chi connectivity index (χ2v) is 8.43. The third kappa shape index (κ3) is 3.37. The van der Waals surface area contributed by atoms with Crippen LogP contribution in [0.5, 0.6) is 5.75 Å². The Morgan fingerprint density at radius 2 is 2.00 bits per heavy atom. The lowest BCUT2D eigenvalue weighted by Gasteiger charge is -2.36. The minimum atomic E-state index is 0.392. The lowest BCUT2D eigenvalue weighted by molar-refractivity contribution is 0.172. The van der Waals surface area contributed by atoms with Crippen molar-refractivity contribution in [2.24, 2.45) is 5.92 Å². The van der Waals surface area contributed by atoms with Crippen LogP contribution >= 0.6 is 0 Å². The summed E-state index contributed by atoms with van der Waals surface area (Å²) in [4.78, 5) is 6.31. The van der Waals surface area contributed by atoms with E-state index in [1.807, 2.05) is 12.1 Å². The summed E-state index contributed by atoms with van der Waals surface area (Å²) in [6.07, 6.45) is 6.15. The van der Waals surface area contributed by atoms with Crippen LogP contribution in [0.4, 0.5) is 0 Å². The Hall–Kier alpha value is -2.26. The molecule has 2 aliphatic rings. The van der Waals surface area contributed by atoms with Gasteiger partial charge in [0.1, 0.15) is 5.75 Å². The molecule has 0 spiro atoms. The van der Waals surface area contributed by atoms with Crippen LogP contribution in [0.3, 0.4) is 0 Å². The molecule has 3 nitrogen and oxygen atoms in total. The standard InChI is InChI=1S/C24H28N2O/c27-20-7-3-5-18(14-20)19-6-4-12-26(16-19)15-17-10-11-24-22(13-17)21-8-1-2-9-23(21)25-24/h1-3,5,7-9,14,17,19,25,27H,4,6,10-13,15-16H2. The summed E-state index contributed by atoms with van der Waals surface area (Å²) in [5, 5.41) is 11.2. The molecule has 140 valence electrons. The Morgan fingerprint density at radius 1 is 1.07 bits per heavy atom. The predicted molar refractivity (Wildman–Crippen MR) is 110 cm³/mol. The zero-order chi connectivity index (χ0) is 18.2. The minimum absolute atomic E-state index is 0.392. The van der Waals surface area contributed by atoms with Gasteiger partial charge in [-0.15, -0.1) is 0 Å². The van der Waals surface area contributed by atoms with E-state index in [4.69, 9.17) is 0 Å². The van der Waals surface area contributed by atoms with E-state index in [2.05, 4.69) is 40.2 Å². The van der Waals surface area contributed by atoms with E-state index in [1.165, 1.54) is 67.4 Å². The molecular weight excluding hydrogens is 332 g/mol. The Balaban J connectivity index is 1.28. The predicted octanol–water partition coefficient (Wildman–Crippen LogP) is 4.86. The maximum atomic E-state index is 9.81. The molecular formula is C24H28N2O. The molecule has 1 aliphatic heterocycles. The quantitative estimate of drug-likeness (QED) is 0.700. The number of rotatable bonds is 3. The van der Waals surface area contributed by atoms with Crippen LogP contribution in [0.25, 0.3) is 10.9 Å². The second kappa shape index (κ2) is 7.05. The summed E-state index contributed by atoms with van der Waals surface area (Å²) in [6.45, 7) is 3.54. The lowest BCUT2D eigenvalue weighted by Crippen LogP contribution is -2.39. The zero-order valence-corrected chi connectivity index (χ0v) is 15.8. The van der Waals surface area contributed by atoms with Gasteiger partial charge in [-0.05, 0) is 79.8 Å². The molecule has 1 fully saturated rings. The van der Waals surface area contributed by atoms with Crippen LogP contribution in [0.1, 0.15) is 42.0 Å². The van der Waals surface area contributed by atoms with Crippen molar-refractivity contribution in [1.82, 2.24) is 9.88 Å². The molecule has 2 N–H and O–H groups in total. The van der Waals surface area contributed by atoms with Crippen LogP contribution in [0.2, 0.25) is 0 Å². The Bertz CT molecular complexity index is 944. The number of aromatic amines is 1. The van der Waals surface area contributed by atoms with Gasteiger partial charge in [0.25, 0.3) is 0 Å². The molecule has 3 aromatic rings. The minimum Gasteiger partial charge on any atom is -0.508 e. The number of aromatic nitrogens is 1. The number of nitrogens with zero attached hydrogens (tertiary/aromatic N) is 1. The highest BCUT2D eigenvalue weighted by Crippen LogP contribution is 2.34. The summed E-state index contributed by atoms with van der Waals surface area (Å²) in [6, 6.07) is 16.6. The first-order chi connectivity index (χ1) is 13.3. The highest BCUT2D eigenvalue weighted by molar-refractivity contribution is 5.84. The van der Waals surface area contributed by atoms with Crippen LogP contribution in [0, 0.1) is 5.92 Å². The summed E-state index contributed by atoms with van der Waals surface area (Å²) in [5.74, 6) is 1.70. The largest absolute Gasteiger partial charge is 0.508 e. The van der Waals surface area contributed by atoms with E-state index >= 15 is 0 Å². The molecule has 0 amide bonds. The number of para-hydroxylation sites is 1. The van der Waals surface area contributed by atoms with Crippen LogP contribution < -0.4 is 0 Å². The monoisotopic (exact) mass is 360 g/mol. The van der Waals surface area contributed by atoms with Crippen molar-refractivity contribution in [3.8, 4) is 5.75 Å². The summed E-state index contributed by atoms with van der Waals surface area (Å²) < 4.78 is 0. The fraction of sp³-hybridized carbons (Fsp3) is 0.417. The molecule has 0 saturated carbocycles. The molecule has 2 aromatic carbocycles. The molecule has 1 saturated heterocycles. The molecule has 2 unspecified atom stereocenters. The molecule has 5 rings (SSSR count). The van der Waals surface area contributed by atoms with Gasteiger partial charge in [0.2, 0.25) is 0 Å². The number of hydrogen-bond acceptors (Lipinski definition) is 2. The first-order valence-corrected chi connectivity index (χ1v) is 10.4. The number of benzene rings is 2. The summed E-state index contributed by atoms with van der Waals surface area (Å²) in [5.41, 5.74) is 5.61. The Kier molecular flexibility index (Phi) is 4.41. The first-order valence-electron chi connectivity index (χ1n) is 10.4. The van der Waals surface area contributed by atoms with Crippen LogP contribution in [0.15, 0.2) is 48.5 Å². The number of aromatic hydroxyl groups is 1. The van der Waals surface area contributed by atoms with Crippen molar-refractivity contribution in [2.45, 2.75) is 38.0 Å². The van der Waals surface area contributed by atoms with Gasteiger partial charge in [-0.2, -0.15) is 0 Å². The van der Waals surface area contributed by atoms with Crippen molar-refractivity contribution < 1.29 is 5.11 Å². The summed E-state index contributed by atoms with van der Waals surface area (Å²) in [7, 11) is 0.